The van der Waals surface area contributed by atoms with Crippen molar-refractivity contribution in [3.63, 3.8) is 0 Å². The van der Waals surface area contributed by atoms with E-state index in [1.807, 2.05) is 12.1 Å². The highest BCUT2D eigenvalue weighted by Gasteiger charge is 2.16. The standard InChI is InChI=1S/C20H31ClN4O3.HI/c1-2-22-20(23-5-3-7-25-8-10-26-11-9-25)24-6-4-16-14-17(21)19-18(15-16)27-12-13-28-19;/h14-15H,2-13H2,1H3,(H2,22,23,24);1H. The van der Waals surface area contributed by atoms with Gasteiger partial charge in [-0.05, 0) is 37.5 Å². The second-order valence-corrected chi connectivity index (χ2v) is 7.25. The molecule has 0 atom stereocenters. The molecule has 0 spiro atoms. The van der Waals surface area contributed by atoms with Gasteiger partial charge in [-0.3, -0.25) is 9.89 Å². The van der Waals surface area contributed by atoms with Crippen molar-refractivity contribution >= 4 is 41.5 Å². The second kappa shape index (κ2) is 13.4. The van der Waals surface area contributed by atoms with E-state index in [1.165, 1.54) is 0 Å². The van der Waals surface area contributed by atoms with Gasteiger partial charge in [-0.1, -0.05) is 11.6 Å². The van der Waals surface area contributed by atoms with Crippen LogP contribution in [0, 0.1) is 0 Å². The Balaban J connectivity index is 0.00000300. The highest BCUT2D eigenvalue weighted by Crippen LogP contribution is 2.38. The Morgan fingerprint density at radius 3 is 2.72 bits per heavy atom. The van der Waals surface area contributed by atoms with Crippen LogP contribution in [-0.2, 0) is 11.2 Å². The molecule has 0 aromatic heterocycles. The van der Waals surface area contributed by atoms with Crippen LogP contribution >= 0.6 is 35.6 Å². The number of hydrogen-bond acceptors (Lipinski definition) is 5. The van der Waals surface area contributed by atoms with Crippen molar-refractivity contribution in [1.29, 1.82) is 0 Å². The predicted molar refractivity (Wildman–Crippen MR) is 127 cm³/mol. The molecule has 7 nitrogen and oxygen atoms in total. The number of guanidine groups is 1. The Morgan fingerprint density at radius 1 is 1.14 bits per heavy atom. The van der Waals surface area contributed by atoms with Crippen LogP contribution in [0.2, 0.25) is 5.02 Å². The fourth-order valence-corrected chi connectivity index (χ4v) is 3.57. The fourth-order valence-electron chi connectivity index (χ4n) is 3.29. The molecule has 1 fully saturated rings. The number of nitrogens with one attached hydrogen (secondary N) is 2. The number of ether oxygens (including phenoxy) is 3. The molecule has 0 radical (unpaired) electrons. The lowest BCUT2D eigenvalue weighted by molar-refractivity contribution is 0.0377. The number of halogens is 2. The minimum absolute atomic E-state index is 0. The highest BCUT2D eigenvalue weighted by molar-refractivity contribution is 14.0. The third-order valence-corrected chi connectivity index (χ3v) is 4.99. The van der Waals surface area contributed by atoms with Crippen LogP contribution in [0.15, 0.2) is 17.1 Å². The Kier molecular flexibility index (Phi) is 11.2. The van der Waals surface area contributed by atoms with Gasteiger partial charge >= 0.3 is 0 Å². The van der Waals surface area contributed by atoms with E-state index >= 15 is 0 Å². The number of rotatable bonds is 8. The number of morpholine rings is 1. The first kappa shape index (κ1) is 24.3. The molecule has 0 saturated carbocycles. The molecule has 3 rings (SSSR count). The van der Waals surface area contributed by atoms with E-state index in [0.29, 0.717) is 24.0 Å². The van der Waals surface area contributed by atoms with E-state index in [9.17, 15) is 0 Å². The summed E-state index contributed by atoms with van der Waals surface area (Å²) < 4.78 is 16.6. The van der Waals surface area contributed by atoms with E-state index in [0.717, 1.165) is 82.6 Å². The normalized spacial score (nSPS) is 16.8. The third kappa shape index (κ3) is 7.99. The first-order valence-corrected chi connectivity index (χ1v) is 10.5. The molecule has 0 aliphatic carbocycles. The van der Waals surface area contributed by atoms with Gasteiger partial charge in [0.2, 0.25) is 0 Å². The van der Waals surface area contributed by atoms with Crippen molar-refractivity contribution in [2.45, 2.75) is 19.8 Å². The van der Waals surface area contributed by atoms with E-state index in [2.05, 4.69) is 27.4 Å². The molecule has 1 aromatic carbocycles. The van der Waals surface area contributed by atoms with Crippen LogP contribution in [-0.4, -0.2) is 76.6 Å². The minimum Gasteiger partial charge on any atom is -0.486 e. The Bertz CT molecular complexity index is 657. The van der Waals surface area contributed by atoms with E-state index in [-0.39, 0.29) is 24.0 Å². The summed E-state index contributed by atoms with van der Waals surface area (Å²) >= 11 is 6.31. The Morgan fingerprint density at radius 2 is 1.93 bits per heavy atom. The first-order chi connectivity index (χ1) is 13.8. The van der Waals surface area contributed by atoms with Crippen molar-refractivity contribution in [1.82, 2.24) is 15.5 Å². The van der Waals surface area contributed by atoms with Gasteiger partial charge in [-0.25, -0.2) is 0 Å². The van der Waals surface area contributed by atoms with E-state index in [4.69, 9.17) is 25.8 Å². The molecule has 9 heteroatoms. The molecule has 2 N–H and O–H groups in total. The predicted octanol–water partition coefficient (Wildman–Crippen LogP) is 2.55. The molecule has 1 saturated heterocycles. The average molecular weight is 539 g/mol. The van der Waals surface area contributed by atoms with Crippen molar-refractivity contribution in [3.8, 4) is 11.5 Å². The largest absolute Gasteiger partial charge is 0.486 e. The summed E-state index contributed by atoms with van der Waals surface area (Å²) in [7, 11) is 0. The average Bonchev–Trinajstić information content (AvgIpc) is 2.72. The molecule has 2 heterocycles. The van der Waals surface area contributed by atoms with Crippen LogP contribution in [0.4, 0.5) is 0 Å². The molecule has 0 unspecified atom stereocenters. The summed E-state index contributed by atoms with van der Waals surface area (Å²) in [6, 6.07) is 3.96. The molecule has 164 valence electrons. The van der Waals surface area contributed by atoms with Gasteiger partial charge in [0, 0.05) is 39.3 Å². The van der Waals surface area contributed by atoms with Crippen molar-refractivity contribution < 1.29 is 14.2 Å². The molecule has 2 aliphatic rings. The molecule has 2 aliphatic heterocycles. The zero-order valence-corrected chi connectivity index (χ0v) is 20.1. The Labute approximate surface area is 195 Å². The smallest absolute Gasteiger partial charge is 0.191 e. The topological polar surface area (TPSA) is 67.4 Å². The number of hydrogen-bond donors (Lipinski definition) is 2. The molecule has 0 bridgehead atoms. The lowest BCUT2D eigenvalue weighted by atomic mass is 10.1. The number of nitrogens with zero attached hydrogens (tertiary/aromatic N) is 2. The van der Waals surface area contributed by atoms with Gasteiger partial charge in [0.05, 0.1) is 18.2 Å². The van der Waals surface area contributed by atoms with E-state index < -0.39 is 0 Å². The summed E-state index contributed by atoms with van der Waals surface area (Å²) in [6.45, 7) is 10.4. The van der Waals surface area contributed by atoms with Crippen molar-refractivity contribution in [2.24, 2.45) is 4.99 Å². The van der Waals surface area contributed by atoms with Crippen LogP contribution in [0.3, 0.4) is 0 Å². The monoisotopic (exact) mass is 538 g/mol. The van der Waals surface area contributed by atoms with Gasteiger partial charge in [0.15, 0.2) is 17.5 Å². The minimum atomic E-state index is 0. The number of aliphatic imine (C=N–C) groups is 1. The maximum atomic E-state index is 6.31. The summed E-state index contributed by atoms with van der Waals surface area (Å²) in [5.74, 6) is 2.24. The van der Waals surface area contributed by atoms with Crippen LogP contribution in [0.1, 0.15) is 18.9 Å². The number of benzene rings is 1. The van der Waals surface area contributed by atoms with Crippen LogP contribution < -0.4 is 20.1 Å². The summed E-state index contributed by atoms with van der Waals surface area (Å²) in [4.78, 5) is 7.12. The van der Waals surface area contributed by atoms with Gasteiger partial charge in [-0.15, -0.1) is 24.0 Å². The summed E-state index contributed by atoms with van der Waals surface area (Å²) in [6.07, 6.45) is 1.88. The van der Waals surface area contributed by atoms with Crippen LogP contribution in [0.5, 0.6) is 11.5 Å². The third-order valence-electron chi connectivity index (χ3n) is 4.71. The molecular weight excluding hydrogens is 507 g/mol. The quantitative estimate of drug-likeness (QED) is 0.230. The lowest BCUT2D eigenvalue weighted by Gasteiger charge is -2.26. The number of fused-ring (bicyclic) bond motifs is 1. The maximum Gasteiger partial charge on any atom is 0.191 e. The van der Waals surface area contributed by atoms with Gasteiger partial charge in [0.25, 0.3) is 0 Å². The zero-order chi connectivity index (χ0) is 19.6. The summed E-state index contributed by atoms with van der Waals surface area (Å²) in [5.41, 5.74) is 1.12. The van der Waals surface area contributed by atoms with E-state index in [1.54, 1.807) is 0 Å². The summed E-state index contributed by atoms with van der Waals surface area (Å²) in [5, 5.41) is 7.31. The molecule has 29 heavy (non-hydrogen) atoms. The molecule has 1 aromatic rings. The SMILES string of the molecule is CCNC(=NCCCN1CCOCC1)NCCc1cc(Cl)c2c(c1)OCCO2.I. The van der Waals surface area contributed by atoms with Crippen molar-refractivity contribution in [3.05, 3.63) is 22.7 Å². The van der Waals surface area contributed by atoms with Crippen molar-refractivity contribution in [2.75, 3.05) is 65.7 Å². The van der Waals surface area contributed by atoms with Gasteiger partial charge in [0.1, 0.15) is 13.2 Å². The maximum absolute atomic E-state index is 6.31. The lowest BCUT2D eigenvalue weighted by Crippen LogP contribution is -2.39. The van der Waals surface area contributed by atoms with Crippen LogP contribution in [0.25, 0.3) is 0 Å². The van der Waals surface area contributed by atoms with Gasteiger partial charge in [-0.2, -0.15) is 0 Å². The fraction of sp³-hybridized carbons (Fsp3) is 0.650. The zero-order valence-electron chi connectivity index (χ0n) is 17.0. The second-order valence-electron chi connectivity index (χ2n) is 6.85. The van der Waals surface area contributed by atoms with Gasteiger partial charge < -0.3 is 24.8 Å². The molecule has 0 amide bonds. The first-order valence-electron chi connectivity index (χ1n) is 10.2. The Hall–Kier alpha value is -0.970. The molecular formula is C20H32ClIN4O3. The highest BCUT2D eigenvalue weighted by atomic mass is 127.